The second-order valence-corrected chi connectivity index (χ2v) is 10.3. The molecule has 0 heterocycles. The molecule has 2 atom stereocenters. The minimum absolute atomic E-state index is 0.0207. The van der Waals surface area contributed by atoms with Gasteiger partial charge in [0.15, 0.2) is 0 Å². The second kappa shape index (κ2) is 14.5. The van der Waals surface area contributed by atoms with Gasteiger partial charge in [-0.25, -0.2) is 4.79 Å². The van der Waals surface area contributed by atoms with E-state index in [2.05, 4.69) is 10.6 Å². The van der Waals surface area contributed by atoms with Crippen LogP contribution < -0.4 is 10.6 Å². The van der Waals surface area contributed by atoms with Crippen LogP contribution in [-0.4, -0.2) is 59.6 Å². The summed E-state index contributed by atoms with van der Waals surface area (Å²) in [5, 5.41) is 5.48. The van der Waals surface area contributed by atoms with Gasteiger partial charge in [-0.2, -0.15) is 0 Å². The molecule has 36 heavy (non-hydrogen) atoms. The van der Waals surface area contributed by atoms with Gasteiger partial charge in [0.05, 0.1) is 13.0 Å². The van der Waals surface area contributed by atoms with Crippen LogP contribution in [0, 0.1) is 5.92 Å². The van der Waals surface area contributed by atoms with Gasteiger partial charge < -0.3 is 25.0 Å². The number of amides is 3. The lowest BCUT2D eigenvalue weighted by Gasteiger charge is -2.37. The molecule has 0 aliphatic rings. The van der Waals surface area contributed by atoms with E-state index < -0.39 is 35.7 Å². The monoisotopic (exact) mass is 505 g/mol. The molecule has 0 aliphatic carbocycles. The van der Waals surface area contributed by atoms with E-state index in [-0.39, 0.29) is 37.4 Å². The number of esters is 1. The van der Waals surface area contributed by atoms with Crippen molar-refractivity contribution in [2.24, 2.45) is 5.92 Å². The van der Waals surface area contributed by atoms with Crippen molar-refractivity contribution < 1.29 is 28.7 Å². The third-order valence-corrected chi connectivity index (χ3v) is 5.08. The lowest BCUT2D eigenvalue weighted by Crippen LogP contribution is -2.55. The molecule has 9 heteroatoms. The van der Waals surface area contributed by atoms with E-state index in [0.717, 1.165) is 0 Å². The molecule has 0 aliphatic heterocycles. The molecule has 0 bridgehead atoms. The summed E-state index contributed by atoms with van der Waals surface area (Å²) in [6, 6.07) is 6.74. The number of nitrogens with zero attached hydrogens (tertiary/aromatic N) is 1. The van der Waals surface area contributed by atoms with Crippen molar-refractivity contribution in [3.05, 3.63) is 35.9 Å². The summed E-state index contributed by atoms with van der Waals surface area (Å²) >= 11 is 0. The molecule has 2 N–H and O–H groups in total. The Morgan fingerprint density at radius 1 is 1.00 bits per heavy atom. The summed E-state index contributed by atoms with van der Waals surface area (Å²) < 4.78 is 10.3. The van der Waals surface area contributed by atoms with Crippen LogP contribution >= 0.6 is 0 Å². The molecule has 1 aromatic rings. The number of carbonyl (C=O) groups excluding carboxylic acids is 4. The van der Waals surface area contributed by atoms with Gasteiger partial charge in [0.1, 0.15) is 17.7 Å². The van der Waals surface area contributed by atoms with E-state index in [1.54, 1.807) is 52.0 Å². The van der Waals surface area contributed by atoms with Gasteiger partial charge in [0.2, 0.25) is 11.8 Å². The maximum absolute atomic E-state index is 13.9. The van der Waals surface area contributed by atoms with Gasteiger partial charge in [-0.15, -0.1) is 0 Å². The van der Waals surface area contributed by atoms with Crippen molar-refractivity contribution in [3.8, 4) is 0 Å². The molecule has 1 aromatic carbocycles. The van der Waals surface area contributed by atoms with Crippen LogP contribution in [0.15, 0.2) is 30.3 Å². The molecule has 0 saturated heterocycles. The lowest BCUT2D eigenvalue weighted by atomic mass is 9.98. The van der Waals surface area contributed by atoms with Crippen molar-refractivity contribution in [1.82, 2.24) is 15.5 Å². The van der Waals surface area contributed by atoms with Crippen molar-refractivity contribution in [2.75, 3.05) is 13.2 Å². The predicted octanol–water partition coefficient (Wildman–Crippen LogP) is 3.97. The Hall–Kier alpha value is -3.10. The van der Waals surface area contributed by atoms with Gasteiger partial charge >= 0.3 is 12.1 Å². The zero-order valence-electron chi connectivity index (χ0n) is 22.9. The fraction of sp³-hybridized carbons (Fsp3) is 0.630. The fourth-order valence-electron chi connectivity index (χ4n) is 3.69. The van der Waals surface area contributed by atoms with Gasteiger partial charge in [-0.1, -0.05) is 44.2 Å². The molecule has 9 nitrogen and oxygen atoms in total. The number of benzene rings is 1. The minimum atomic E-state index is -0.962. The first-order valence-electron chi connectivity index (χ1n) is 12.6. The van der Waals surface area contributed by atoms with Crippen molar-refractivity contribution in [1.29, 1.82) is 0 Å². The number of alkyl carbamates (subject to hydrolysis) is 1. The molecule has 2 unspecified atom stereocenters. The summed E-state index contributed by atoms with van der Waals surface area (Å²) in [7, 11) is 0. The number of nitrogens with one attached hydrogen (secondary N) is 2. The van der Waals surface area contributed by atoms with Gasteiger partial charge in [-0.05, 0) is 59.4 Å². The van der Waals surface area contributed by atoms with Crippen LogP contribution in [0.4, 0.5) is 4.79 Å². The number of hydrogen-bond acceptors (Lipinski definition) is 6. The van der Waals surface area contributed by atoms with Gasteiger partial charge in [0.25, 0.3) is 0 Å². The molecule has 3 amide bonds. The number of ether oxygens (including phenoxy) is 2. The average Bonchev–Trinajstić information content (AvgIpc) is 2.75. The topological polar surface area (TPSA) is 114 Å². The maximum atomic E-state index is 13.9. The standard InChI is InChI=1S/C27H43N3O6/c1-9-35-22(31)15-16-28-24(32)23(20-13-11-10-12-14-20)30(19(4)5)25(33)21(17-18(2)3)29-26(34)36-27(6,7)8/h10-14,18-19,21,23H,9,15-17H2,1-8H3,(H,28,32)(H,29,34). The molecule has 0 radical (unpaired) electrons. The zero-order chi connectivity index (χ0) is 27.5. The predicted molar refractivity (Wildman–Crippen MR) is 138 cm³/mol. The molecule has 0 aromatic heterocycles. The number of rotatable bonds is 12. The number of hydrogen-bond donors (Lipinski definition) is 2. The van der Waals surface area contributed by atoms with Crippen LogP contribution in [-0.2, 0) is 23.9 Å². The highest BCUT2D eigenvalue weighted by Crippen LogP contribution is 2.26. The Kier molecular flexibility index (Phi) is 12.4. The van der Waals surface area contributed by atoms with Crippen LogP contribution in [0.5, 0.6) is 0 Å². The van der Waals surface area contributed by atoms with Crippen molar-refractivity contribution >= 4 is 23.9 Å². The summed E-state index contributed by atoms with van der Waals surface area (Å²) in [4.78, 5) is 53.1. The fourth-order valence-corrected chi connectivity index (χ4v) is 3.69. The Balaban J connectivity index is 3.29. The van der Waals surface area contributed by atoms with E-state index in [9.17, 15) is 19.2 Å². The molecule has 1 rings (SSSR count). The van der Waals surface area contributed by atoms with E-state index in [4.69, 9.17) is 9.47 Å². The highest BCUT2D eigenvalue weighted by molar-refractivity contribution is 5.92. The highest BCUT2D eigenvalue weighted by atomic mass is 16.6. The first kappa shape index (κ1) is 30.9. The lowest BCUT2D eigenvalue weighted by molar-refractivity contribution is -0.145. The smallest absolute Gasteiger partial charge is 0.408 e. The summed E-state index contributed by atoms with van der Waals surface area (Å²) in [5.74, 6) is -1.13. The molecular weight excluding hydrogens is 462 g/mol. The van der Waals surface area contributed by atoms with E-state index >= 15 is 0 Å². The van der Waals surface area contributed by atoms with Gasteiger partial charge in [0, 0.05) is 12.6 Å². The second-order valence-electron chi connectivity index (χ2n) is 10.3. The largest absolute Gasteiger partial charge is 0.466 e. The Labute approximate surface area is 215 Å². The molecule has 0 fully saturated rings. The van der Waals surface area contributed by atoms with Crippen LogP contribution in [0.1, 0.15) is 79.8 Å². The van der Waals surface area contributed by atoms with E-state index in [1.807, 2.05) is 33.8 Å². The average molecular weight is 506 g/mol. The normalized spacial score (nSPS) is 13.1. The van der Waals surface area contributed by atoms with Crippen LogP contribution in [0.3, 0.4) is 0 Å². The third-order valence-electron chi connectivity index (χ3n) is 5.08. The van der Waals surface area contributed by atoms with E-state index in [1.165, 1.54) is 4.90 Å². The van der Waals surface area contributed by atoms with E-state index in [0.29, 0.717) is 12.0 Å². The third kappa shape index (κ3) is 10.7. The molecule has 0 saturated carbocycles. The van der Waals surface area contributed by atoms with Crippen molar-refractivity contribution in [2.45, 2.75) is 92.0 Å². The van der Waals surface area contributed by atoms with Crippen LogP contribution in [0.25, 0.3) is 0 Å². The molecule has 0 spiro atoms. The minimum Gasteiger partial charge on any atom is -0.466 e. The van der Waals surface area contributed by atoms with Crippen molar-refractivity contribution in [3.63, 3.8) is 0 Å². The van der Waals surface area contributed by atoms with Crippen LogP contribution in [0.2, 0.25) is 0 Å². The quantitative estimate of drug-likeness (QED) is 0.416. The first-order valence-corrected chi connectivity index (χ1v) is 12.6. The maximum Gasteiger partial charge on any atom is 0.408 e. The Morgan fingerprint density at radius 2 is 1.61 bits per heavy atom. The Morgan fingerprint density at radius 3 is 2.11 bits per heavy atom. The zero-order valence-corrected chi connectivity index (χ0v) is 22.9. The molecule has 202 valence electrons. The highest BCUT2D eigenvalue weighted by Gasteiger charge is 2.37. The summed E-state index contributed by atoms with van der Waals surface area (Å²) in [6.45, 7) is 14.8. The summed E-state index contributed by atoms with van der Waals surface area (Å²) in [6.07, 6.45) is -0.305. The van der Waals surface area contributed by atoms with Gasteiger partial charge in [-0.3, -0.25) is 14.4 Å². The number of carbonyl (C=O) groups is 4. The summed E-state index contributed by atoms with van der Waals surface area (Å²) in [5.41, 5.74) is -0.104. The molecular formula is C27H43N3O6. The first-order chi connectivity index (χ1) is 16.8. The Bertz CT molecular complexity index is 864. The SMILES string of the molecule is CCOC(=O)CCNC(=O)C(c1ccccc1)N(C(=O)C(CC(C)C)NC(=O)OC(C)(C)C)C(C)C.